The van der Waals surface area contributed by atoms with Crippen LogP contribution in [0.4, 0.5) is 4.39 Å². The van der Waals surface area contributed by atoms with Crippen molar-refractivity contribution in [1.29, 1.82) is 0 Å². The van der Waals surface area contributed by atoms with E-state index in [2.05, 4.69) is 10.0 Å². The molecule has 1 aliphatic heterocycles. The average Bonchev–Trinajstić information content (AvgIpc) is 3.52. The second kappa shape index (κ2) is 14.4. The third-order valence-electron chi connectivity index (χ3n) is 7.36. The van der Waals surface area contributed by atoms with Crippen molar-refractivity contribution in [3.8, 4) is 11.5 Å². The standard InChI is InChI=1S/C34H34FN3O6S/c1-2-37-45(41,42)29-16-10-24(11-17-29)13-19-32(39)38(22-25-8-14-28(35)15-9-25)33(27-6-4-3-5-7-27)34(40)36-21-26-12-18-30-31(20-26)44-23-43-30/h3-12,14-18,20,33,37H,2,13,19,21-23H2,1H3,(H,36,40)/t33-/m0/s1. The summed E-state index contributed by atoms with van der Waals surface area (Å²) in [5, 5.41) is 2.97. The van der Waals surface area contributed by atoms with Crippen LogP contribution in [0, 0.1) is 5.82 Å². The van der Waals surface area contributed by atoms with Gasteiger partial charge in [0.15, 0.2) is 11.5 Å². The highest BCUT2D eigenvalue weighted by Gasteiger charge is 2.31. The highest BCUT2D eigenvalue weighted by atomic mass is 32.2. The van der Waals surface area contributed by atoms with Gasteiger partial charge < -0.3 is 19.7 Å². The van der Waals surface area contributed by atoms with Gasteiger partial charge in [-0.05, 0) is 65.1 Å². The second-order valence-corrected chi connectivity index (χ2v) is 12.3. The van der Waals surface area contributed by atoms with Gasteiger partial charge >= 0.3 is 0 Å². The molecule has 11 heteroatoms. The number of carbonyl (C=O) groups excluding carboxylic acids is 2. The van der Waals surface area contributed by atoms with E-state index in [9.17, 15) is 22.4 Å². The number of halogens is 1. The molecule has 1 aliphatic rings. The summed E-state index contributed by atoms with van der Waals surface area (Å²) in [7, 11) is -3.60. The largest absolute Gasteiger partial charge is 0.454 e. The van der Waals surface area contributed by atoms with E-state index >= 15 is 0 Å². The fraction of sp³-hybridized carbons (Fsp3) is 0.235. The van der Waals surface area contributed by atoms with E-state index in [0.717, 1.165) is 11.1 Å². The minimum atomic E-state index is -3.60. The molecule has 5 rings (SSSR count). The normalized spacial score (nSPS) is 12.8. The van der Waals surface area contributed by atoms with Crippen LogP contribution in [0.1, 0.15) is 41.6 Å². The Morgan fingerprint density at radius 3 is 2.24 bits per heavy atom. The smallest absolute Gasteiger partial charge is 0.247 e. The summed E-state index contributed by atoms with van der Waals surface area (Å²) in [6, 6.07) is 25.6. The van der Waals surface area contributed by atoms with Crippen LogP contribution in [0.2, 0.25) is 0 Å². The molecular weight excluding hydrogens is 597 g/mol. The summed E-state index contributed by atoms with van der Waals surface area (Å²) >= 11 is 0. The van der Waals surface area contributed by atoms with Gasteiger partial charge in [0.1, 0.15) is 11.9 Å². The Bertz CT molecular complexity index is 1730. The molecule has 0 aliphatic carbocycles. The molecule has 0 aromatic heterocycles. The number of ether oxygens (including phenoxy) is 2. The van der Waals surface area contributed by atoms with Crippen molar-refractivity contribution in [3.05, 3.63) is 125 Å². The lowest BCUT2D eigenvalue weighted by Gasteiger charge is -2.32. The first-order valence-corrected chi connectivity index (χ1v) is 16.1. The van der Waals surface area contributed by atoms with Gasteiger partial charge in [0.25, 0.3) is 0 Å². The van der Waals surface area contributed by atoms with Crippen LogP contribution in [0.25, 0.3) is 0 Å². The summed E-state index contributed by atoms with van der Waals surface area (Å²) in [6.07, 6.45) is 0.375. The molecule has 234 valence electrons. The van der Waals surface area contributed by atoms with E-state index < -0.39 is 21.9 Å². The first kappa shape index (κ1) is 31.7. The Labute approximate surface area is 262 Å². The maximum Gasteiger partial charge on any atom is 0.247 e. The first-order chi connectivity index (χ1) is 21.7. The van der Waals surface area contributed by atoms with Gasteiger partial charge in [-0.15, -0.1) is 0 Å². The van der Waals surface area contributed by atoms with Crippen LogP contribution in [0.5, 0.6) is 11.5 Å². The van der Waals surface area contributed by atoms with E-state index in [1.165, 1.54) is 29.2 Å². The number of benzene rings is 4. The Morgan fingerprint density at radius 1 is 0.867 bits per heavy atom. The molecule has 45 heavy (non-hydrogen) atoms. The summed E-state index contributed by atoms with van der Waals surface area (Å²) in [5.41, 5.74) is 2.85. The molecule has 4 aromatic carbocycles. The molecule has 0 spiro atoms. The predicted octanol–water partition coefficient (Wildman–Crippen LogP) is 4.87. The van der Waals surface area contributed by atoms with Crippen molar-refractivity contribution in [2.75, 3.05) is 13.3 Å². The lowest BCUT2D eigenvalue weighted by atomic mass is 10.0. The fourth-order valence-corrected chi connectivity index (χ4v) is 6.10. The highest BCUT2D eigenvalue weighted by Crippen LogP contribution is 2.32. The quantitative estimate of drug-likeness (QED) is 0.218. The molecule has 0 saturated carbocycles. The predicted molar refractivity (Wildman–Crippen MR) is 166 cm³/mol. The lowest BCUT2D eigenvalue weighted by Crippen LogP contribution is -2.43. The molecule has 1 atom stereocenters. The number of aryl methyl sites for hydroxylation is 1. The van der Waals surface area contributed by atoms with E-state index in [0.29, 0.717) is 29.0 Å². The number of nitrogens with one attached hydrogen (secondary N) is 2. The van der Waals surface area contributed by atoms with Gasteiger partial charge in [-0.3, -0.25) is 9.59 Å². The number of amides is 2. The van der Waals surface area contributed by atoms with Crippen molar-refractivity contribution < 1.29 is 31.9 Å². The number of sulfonamides is 1. The minimum Gasteiger partial charge on any atom is -0.454 e. The minimum absolute atomic E-state index is 0.0548. The van der Waals surface area contributed by atoms with Crippen molar-refractivity contribution in [3.63, 3.8) is 0 Å². The SMILES string of the molecule is CCNS(=O)(=O)c1ccc(CCC(=O)N(Cc2ccc(F)cc2)[C@H](C(=O)NCc2ccc3c(c2)OCO3)c2ccccc2)cc1. The Balaban J connectivity index is 1.38. The van der Waals surface area contributed by atoms with Crippen molar-refractivity contribution in [2.45, 2.75) is 43.8 Å². The molecule has 4 aromatic rings. The zero-order chi connectivity index (χ0) is 31.8. The van der Waals surface area contributed by atoms with Crippen molar-refractivity contribution in [2.24, 2.45) is 0 Å². The summed E-state index contributed by atoms with van der Waals surface area (Å²) < 4.78 is 51.7. The monoisotopic (exact) mass is 631 g/mol. The van der Waals surface area contributed by atoms with E-state index in [1.54, 1.807) is 67.6 Å². The maximum atomic E-state index is 14.0. The molecule has 2 amide bonds. The molecule has 1 heterocycles. The molecule has 0 bridgehead atoms. The molecule has 0 saturated heterocycles. The lowest BCUT2D eigenvalue weighted by molar-refractivity contribution is -0.141. The summed E-state index contributed by atoms with van der Waals surface area (Å²) in [6.45, 7) is 2.38. The second-order valence-electron chi connectivity index (χ2n) is 10.5. The zero-order valence-electron chi connectivity index (χ0n) is 24.7. The summed E-state index contributed by atoms with van der Waals surface area (Å²) in [5.74, 6) is 0.152. The Morgan fingerprint density at radius 2 is 1.53 bits per heavy atom. The fourth-order valence-electron chi connectivity index (χ4n) is 5.06. The first-order valence-electron chi connectivity index (χ1n) is 14.6. The van der Waals surface area contributed by atoms with Crippen LogP contribution >= 0.6 is 0 Å². The third kappa shape index (κ3) is 8.05. The molecule has 9 nitrogen and oxygen atoms in total. The Kier molecular flexibility index (Phi) is 10.1. The average molecular weight is 632 g/mol. The van der Waals surface area contributed by atoms with Gasteiger partial charge in [-0.2, -0.15) is 0 Å². The van der Waals surface area contributed by atoms with Gasteiger partial charge in [0, 0.05) is 26.1 Å². The van der Waals surface area contributed by atoms with E-state index in [-0.39, 0.29) is 49.6 Å². The van der Waals surface area contributed by atoms with E-state index in [1.807, 2.05) is 12.1 Å². The van der Waals surface area contributed by atoms with Crippen LogP contribution in [0.15, 0.2) is 102 Å². The summed E-state index contributed by atoms with van der Waals surface area (Å²) in [4.78, 5) is 29.5. The van der Waals surface area contributed by atoms with E-state index in [4.69, 9.17) is 9.47 Å². The van der Waals surface area contributed by atoms with Crippen LogP contribution in [0.3, 0.4) is 0 Å². The van der Waals surface area contributed by atoms with Gasteiger partial charge in [-0.25, -0.2) is 17.5 Å². The topological polar surface area (TPSA) is 114 Å². The van der Waals surface area contributed by atoms with Crippen LogP contribution in [-0.4, -0.2) is 38.5 Å². The number of nitrogens with zero attached hydrogens (tertiary/aromatic N) is 1. The number of carbonyl (C=O) groups is 2. The van der Waals surface area contributed by atoms with Gasteiger partial charge in [-0.1, -0.05) is 67.6 Å². The Hall–Kier alpha value is -4.74. The third-order valence-corrected chi connectivity index (χ3v) is 8.92. The molecule has 0 unspecified atom stereocenters. The van der Waals surface area contributed by atoms with Gasteiger partial charge in [0.2, 0.25) is 28.6 Å². The zero-order valence-corrected chi connectivity index (χ0v) is 25.6. The number of fused-ring (bicyclic) bond motifs is 1. The van der Waals surface area contributed by atoms with Crippen LogP contribution in [-0.2, 0) is 39.1 Å². The molecule has 0 radical (unpaired) electrons. The maximum absolute atomic E-state index is 14.0. The number of hydrogen-bond donors (Lipinski definition) is 2. The van der Waals surface area contributed by atoms with Crippen LogP contribution < -0.4 is 19.5 Å². The number of rotatable bonds is 13. The van der Waals surface area contributed by atoms with Crippen molar-refractivity contribution in [1.82, 2.24) is 14.9 Å². The highest BCUT2D eigenvalue weighted by molar-refractivity contribution is 7.89. The van der Waals surface area contributed by atoms with Crippen molar-refractivity contribution >= 4 is 21.8 Å². The number of hydrogen-bond acceptors (Lipinski definition) is 6. The molecule has 2 N–H and O–H groups in total. The molecule has 0 fully saturated rings. The van der Waals surface area contributed by atoms with Gasteiger partial charge in [0.05, 0.1) is 4.90 Å². The molecular formula is C34H34FN3O6S.